The van der Waals surface area contributed by atoms with Gasteiger partial charge in [0.25, 0.3) is 0 Å². The van der Waals surface area contributed by atoms with Crippen LogP contribution in [0.1, 0.15) is 63.1 Å². The molecule has 0 amide bonds. The van der Waals surface area contributed by atoms with Crippen LogP contribution in [0.25, 0.3) is 0 Å². The first-order valence-corrected chi connectivity index (χ1v) is 8.50. The standard InChI is InChI=1S/C16H23BN4/c17-13-15(18-12-7-8-12)19-14(11-5-6-11)20-16(13)21-9-3-1-2-4-10-21/h11-12H,1-10H2,(H,18,19,20). The summed E-state index contributed by atoms with van der Waals surface area (Å²) in [6, 6.07) is 0.575. The third kappa shape index (κ3) is 3.02. The molecule has 1 aromatic heterocycles. The normalized spacial score (nSPS) is 23.0. The van der Waals surface area contributed by atoms with Crippen LogP contribution in [0.5, 0.6) is 0 Å². The van der Waals surface area contributed by atoms with Crippen molar-refractivity contribution in [2.24, 2.45) is 0 Å². The van der Waals surface area contributed by atoms with Crippen molar-refractivity contribution < 1.29 is 0 Å². The molecule has 0 unspecified atom stereocenters. The van der Waals surface area contributed by atoms with Gasteiger partial charge >= 0.3 is 0 Å². The third-order valence-corrected chi connectivity index (χ3v) is 4.71. The number of hydrogen-bond donors (Lipinski definition) is 1. The topological polar surface area (TPSA) is 41.1 Å². The van der Waals surface area contributed by atoms with Gasteiger partial charge in [-0.2, -0.15) is 0 Å². The van der Waals surface area contributed by atoms with E-state index in [0.717, 1.165) is 36.0 Å². The minimum Gasteiger partial charge on any atom is -0.368 e. The Labute approximate surface area is 128 Å². The molecule has 21 heavy (non-hydrogen) atoms. The van der Waals surface area contributed by atoms with E-state index in [0.29, 0.717) is 12.0 Å². The summed E-state index contributed by atoms with van der Waals surface area (Å²) < 4.78 is 0. The Morgan fingerprint density at radius 2 is 1.67 bits per heavy atom. The van der Waals surface area contributed by atoms with Crippen molar-refractivity contribution in [3.63, 3.8) is 0 Å². The molecule has 0 bridgehead atoms. The van der Waals surface area contributed by atoms with Crippen molar-refractivity contribution in [2.45, 2.75) is 63.3 Å². The lowest BCUT2D eigenvalue weighted by molar-refractivity contribution is 0.726. The zero-order chi connectivity index (χ0) is 14.2. The Bertz CT molecular complexity index is 517. The summed E-state index contributed by atoms with van der Waals surface area (Å²) in [7, 11) is 6.40. The first-order chi connectivity index (χ1) is 10.3. The summed E-state index contributed by atoms with van der Waals surface area (Å²) in [5, 5.41) is 3.50. The molecule has 2 heterocycles. The molecule has 110 valence electrons. The zero-order valence-electron chi connectivity index (χ0n) is 12.6. The van der Waals surface area contributed by atoms with Crippen LogP contribution in [0.15, 0.2) is 0 Å². The predicted octanol–water partition coefficient (Wildman–Crippen LogP) is 2.10. The van der Waals surface area contributed by atoms with E-state index in [4.69, 9.17) is 17.8 Å². The Balaban J connectivity index is 1.67. The van der Waals surface area contributed by atoms with Gasteiger partial charge in [-0.25, -0.2) is 9.97 Å². The van der Waals surface area contributed by atoms with Gasteiger partial charge in [0.05, 0.1) is 0 Å². The number of nitrogens with zero attached hydrogens (tertiary/aromatic N) is 3. The number of hydrogen-bond acceptors (Lipinski definition) is 4. The maximum atomic E-state index is 6.40. The molecule has 1 N–H and O–H groups in total. The van der Waals surface area contributed by atoms with E-state index in [1.54, 1.807) is 0 Å². The molecule has 2 radical (unpaired) electrons. The first-order valence-electron chi connectivity index (χ1n) is 8.50. The Morgan fingerprint density at radius 3 is 2.29 bits per heavy atom. The van der Waals surface area contributed by atoms with Crippen molar-refractivity contribution in [2.75, 3.05) is 23.3 Å². The number of aromatic nitrogens is 2. The van der Waals surface area contributed by atoms with Gasteiger partial charge in [0.1, 0.15) is 25.3 Å². The lowest BCUT2D eigenvalue weighted by Gasteiger charge is -2.25. The summed E-state index contributed by atoms with van der Waals surface area (Å²) in [4.78, 5) is 11.9. The van der Waals surface area contributed by atoms with Gasteiger partial charge in [-0.1, -0.05) is 12.8 Å². The van der Waals surface area contributed by atoms with E-state index < -0.39 is 0 Å². The maximum Gasteiger partial charge on any atom is 0.136 e. The van der Waals surface area contributed by atoms with Gasteiger partial charge in [0.15, 0.2) is 0 Å². The van der Waals surface area contributed by atoms with E-state index in [1.165, 1.54) is 51.4 Å². The monoisotopic (exact) mass is 282 g/mol. The summed E-state index contributed by atoms with van der Waals surface area (Å²) in [5.74, 6) is 3.44. The molecule has 1 aromatic rings. The highest BCUT2D eigenvalue weighted by atomic mass is 15.2. The lowest BCUT2D eigenvalue weighted by Crippen LogP contribution is -2.33. The highest BCUT2D eigenvalue weighted by molar-refractivity contribution is 6.38. The van der Waals surface area contributed by atoms with Crippen LogP contribution in [0.2, 0.25) is 0 Å². The molecule has 3 fully saturated rings. The Kier molecular flexibility index (Phi) is 3.52. The molecule has 0 atom stereocenters. The maximum absolute atomic E-state index is 6.40. The smallest absolute Gasteiger partial charge is 0.136 e. The molecule has 2 aliphatic carbocycles. The molecule has 0 spiro atoms. The molecule has 4 nitrogen and oxygen atoms in total. The molecule has 1 saturated heterocycles. The second-order valence-electron chi connectivity index (χ2n) is 6.76. The second kappa shape index (κ2) is 5.50. The van der Waals surface area contributed by atoms with Gasteiger partial charge < -0.3 is 10.2 Å². The van der Waals surface area contributed by atoms with Crippen LogP contribution in [0.3, 0.4) is 0 Å². The molecular weight excluding hydrogens is 259 g/mol. The lowest BCUT2D eigenvalue weighted by atomic mass is 9.96. The summed E-state index contributed by atoms with van der Waals surface area (Å²) >= 11 is 0. The van der Waals surface area contributed by atoms with Crippen LogP contribution in [0.4, 0.5) is 11.6 Å². The minimum absolute atomic E-state index is 0.566. The average Bonchev–Trinajstić information content (AvgIpc) is 3.35. The number of rotatable bonds is 4. The number of nitrogens with one attached hydrogen (secondary N) is 1. The van der Waals surface area contributed by atoms with E-state index in [2.05, 4.69) is 10.2 Å². The fourth-order valence-corrected chi connectivity index (χ4v) is 3.05. The van der Waals surface area contributed by atoms with E-state index in [-0.39, 0.29) is 0 Å². The SMILES string of the molecule is [B]c1c(NC2CC2)nc(C2CC2)nc1N1CCCCCC1. The minimum atomic E-state index is 0.566. The molecule has 3 aliphatic rings. The van der Waals surface area contributed by atoms with Crippen molar-refractivity contribution in [3.8, 4) is 0 Å². The molecule has 2 saturated carbocycles. The van der Waals surface area contributed by atoms with Gasteiger partial charge in [-0.05, 0) is 44.0 Å². The Hall–Kier alpha value is -1.26. The number of anilines is 2. The van der Waals surface area contributed by atoms with Crippen molar-refractivity contribution in [3.05, 3.63) is 5.82 Å². The van der Waals surface area contributed by atoms with Crippen LogP contribution in [-0.2, 0) is 0 Å². The van der Waals surface area contributed by atoms with Gasteiger partial charge in [-0.3, -0.25) is 0 Å². The van der Waals surface area contributed by atoms with Crippen molar-refractivity contribution in [1.29, 1.82) is 0 Å². The first kappa shape index (κ1) is 13.4. The fourth-order valence-electron chi connectivity index (χ4n) is 3.05. The van der Waals surface area contributed by atoms with Crippen LogP contribution >= 0.6 is 0 Å². The van der Waals surface area contributed by atoms with Crippen molar-refractivity contribution in [1.82, 2.24) is 9.97 Å². The molecule has 1 aliphatic heterocycles. The van der Waals surface area contributed by atoms with Crippen LogP contribution in [-0.4, -0.2) is 36.9 Å². The molecule has 4 rings (SSSR count). The quantitative estimate of drug-likeness (QED) is 0.859. The van der Waals surface area contributed by atoms with Gasteiger partial charge in [0, 0.05) is 25.0 Å². The van der Waals surface area contributed by atoms with E-state index >= 15 is 0 Å². The van der Waals surface area contributed by atoms with E-state index in [1.807, 2.05) is 0 Å². The van der Waals surface area contributed by atoms with Gasteiger partial charge in [-0.15, -0.1) is 0 Å². The average molecular weight is 282 g/mol. The highest BCUT2D eigenvalue weighted by Crippen LogP contribution is 2.39. The zero-order valence-corrected chi connectivity index (χ0v) is 12.6. The molecule has 5 heteroatoms. The highest BCUT2D eigenvalue weighted by Gasteiger charge is 2.30. The van der Waals surface area contributed by atoms with Crippen molar-refractivity contribution >= 4 is 24.9 Å². The van der Waals surface area contributed by atoms with Gasteiger partial charge in [0.2, 0.25) is 0 Å². The largest absolute Gasteiger partial charge is 0.368 e. The van der Waals surface area contributed by atoms with E-state index in [9.17, 15) is 0 Å². The van der Waals surface area contributed by atoms with Crippen LogP contribution in [0, 0.1) is 0 Å². The summed E-state index contributed by atoms with van der Waals surface area (Å²) in [6.07, 6.45) is 10.1. The predicted molar refractivity (Wildman–Crippen MR) is 86.7 cm³/mol. The molecular formula is C16H23BN4. The third-order valence-electron chi connectivity index (χ3n) is 4.71. The molecule has 0 aromatic carbocycles. The van der Waals surface area contributed by atoms with Crippen LogP contribution < -0.4 is 15.7 Å². The Morgan fingerprint density at radius 1 is 0.952 bits per heavy atom. The second-order valence-corrected chi connectivity index (χ2v) is 6.76. The fraction of sp³-hybridized carbons (Fsp3) is 0.750. The summed E-state index contributed by atoms with van der Waals surface area (Å²) in [6.45, 7) is 2.16. The summed E-state index contributed by atoms with van der Waals surface area (Å²) in [5.41, 5.74) is 0.758.